The molecule has 0 unspecified atom stereocenters. The first-order valence-corrected chi connectivity index (χ1v) is 9.89. The molecule has 7 heteroatoms. The summed E-state index contributed by atoms with van der Waals surface area (Å²) in [7, 11) is 2.02. The van der Waals surface area contributed by atoms with E-state index in [4.69, 9.17) is 5.73 Å². The van der Waals surface area contributed by atoms with Gasteiger partial charge in [-0.05, 0) is 55.4 Å². The van der Waals surface area contributed by atoms with Crippen LogP contribution in [0.25, 0.3) is 22.3 Å². The molecule has 0 saturated carbocycles. The van der Waals surface area contributed by atoms with Crippen molar-refractivity contribution < 1.29 is 9.18 Å². The topological polar surface area (TPSA) is 75.4 Å². The molecular weight excluding hydrogens is 381 g/mol. The third kappa shape index (κ3) is 3.89. The first kappa shape index (κ1) is 20.0. The van der Waals surface area contributed by atoms with Crippen LogP contribution in [0, 0.1) is 12.7 Å². The number of likely N-dealkylation sites (N-methyl/N-ethyl adjacent to an activating group) is 1. The number of anilines is 1. The minimum atomic E-state index is -0.521. The Bertz CT molecular complexity index is 1080. The number of nitrogen functional groups attached to an aromatic ring is 1. The molecule has 0 atom stereocenters. The minimum absolute atomic E-state index is 0.102. The van der Waals surface area contributed by atoms with E-state index in [0.29, 0.717) is 24.5 Å². The SMILES string of the molecule is Cc1nccc(-c2ccc(C(=O)N3CCN(C)CC3)c(F)c2)c1-c1ccc(N)nc1. The lowest BCUT2D eigenvalue weighted by Gasteiger charge is -2.32. The highest BCUT2D eigenvalue weighted by atomic mass is 19.1. The molecular formula is C23H24FN5O. The van der Waals surface area contributed by atoms with Crippen LogP contribution in [0.5, 0.6) is 0 Å². The number of nitrogens with zero attached hydrogens (tertiary/aromatic N) is 4. The van der Waals surface area contributed by atoms with Gasteiger partial charge < -0.3 is 15.5 Å². The van der Waals surface area contributed by atoms with Crippen molar-refractivity contribution in [3.63, 3.8) is 0 Å². The van der Waals surface area contributed by atoms with Gasteiger partial charge in [0.05, 0.1) is 5.56 Å². The molecule has 2 N–H and O–H groups in total. The van der Waals surface area contributed by atoms with Crippen molar-refractivity contribution in [2.24, 2.45) is 0 Å². The predicted molar refractivity (Wildman–Crippen MR) is 115 cm³/mol. The number of piperazine rings is 1. The van der Waals surface area contributed by atoms with Crippen molar-refractivity contribution >= 4 is 11.7 Å². The third-order valence-corrected chi connectivity index (χ3v) is 5.52. The summed E-state index contributed by atoms with van der Waals surface area (Å²) < 4.78 is 15.0. The lowest BCUT2D eigenvalue weighted by Crippen LogP contribution is -2.47. The maximum Gasteiger partial charge on any atom is 0.256 e. The summed E-state index contributed by atoms with van der Waals surface area (Å²) in [6.07, 6.45) is 3.38. The van der Waals surface area contributed by atoms with Crippen LogP contribution in [-0.4, -0.2) is 58.9 Å². The fourth-order valence-corrected chi connectivity index (χ4v) is 3.76. The molecule has 0 spiro atoms. The van der Waals surface area contributed by atoms with E-state index in [1.807, 2.05) is 26.1 Å². The number of benzene rings is 1. The highest BCUT2D eigenvalue weighted by Gasteiger charge is 2.23. The van der Waals surface area contributed by atoms with Gasteiger partial charge in [0.2, 0.25) is 0 Å². The lowest BCUT2D eigenvalue weighted by atomic mass is 9.94. The van der Waals surface area contributed by atoms with E-state index in [-0.39, 0.29) is 11.5 Å². The molecule has 1 saturated heterocycles. The molecule has 1 aliphatic heterocycles. The second-order valence-corrected chi connectivity index (χ2v) is 7.58. The lowest BCUT2D eigenvalue weighted by molar-refractivity contribution is 0.0659. The van der Waals surface area contributed by atoms with Gasteiger partial charge in [0.15, 0.2) is 0 Å². The molecule has 1 aromatic carbocycles. The fraction of sp³-hybridized carbons (Fsp3) is 0.261. The van der Waals surface area contributed by atoms with Crippen LogP contribution in [-0.2, 0) is 0 Å². The number of nitrogens with two attached hydrogens (primary N) is 1. The monoisotopic (exact) mass is 405 g/mol. The maximum absolute atomic E-state index is 15.0. The quantitative estimate of drug-likeness (QED) is 0.724. The standard InChI is InChI=1S/C23H24FN5O/c1-15-22(17-4-6-21(25)27-14-17)18(7-8-26-15)16-3-5-19(20(24)13-16)23(30)29-11-9-28(2)10-12-29/h3-8,13-14H,9-12H2,1-2H3,(H2,25,27). The summed E-state index contributed by atoms with van der Waals surface area (Å²) in [5.74, 6) is -0.354. The van der Waals surface area contributed by atoms with Gasteiger partial charge in [-0.15, -0.1) is 0 Å². The largest absolute Gasteiger partial charge is 0.384 e. The molecule has 0 bridgehead atoms. The molecule has 1 amide bonds. The Labute approximate surface area is 175 Å². The van der Waals surface area contributed by atoms with Gasteiger partial charge in [-0.1, -0.05) is 6.07 Å². The molecule has 1 aliphatic rings. The van der Waals surface area contributed by atoms with E-state index >= 15 is 4.39 Å². The molecule has 1 fully saturated rings. The molecule has 154 valence electrons. The number of carbonyl (C=O) groups is 1. The molecule has 30 heavy (non-hydrogen) atoms. The third-order valence-electron chi connectivity index (χ3n) is 5.52. The van der Waals surface area contributed by atoms with Crippen molar-refractivity contribution in [3.8, 4) is 22.3 Å². The van der Waals surface area contributed by atoms with Crippen LogP contribution in [0.4, 0.5) is 10.2 Å². The molecule has 3 heterocycles. The van der Waals surface area contributed by atoms with Gasteiger partial charge in [-0.25, -0.2) is 9.37 Å². The molecule has 2 aromatic heterocycles. The number of carbonyl (C=O) groups excluding carboxylic acids is 1. The Morgan fingerprint density at radius 3 is 2.43 bits per heavy atom. The van der Waals surface area contributed by atoms with Crippen LogP contribution in [0.2, 0.25) is 0 Å². The molecule has 6 nitrogen and oxygen atoms in total. The summed E-state index contributed by atoms with van der Waals surface area (Å²) in [5, 5.41) is 0. The zero-order chi connectivity index (χ0) is 21.3. The van der Waals surface area contributed by atoms with Crippen LogP contribution in [0.1, 0.15) is 16.1 Å². The number of rotatable bonds is 3. The van der Waals surface area contributed by atoms with Gasteiger partial charge >= 0.3 is 0 Å². The first-order valence-electron chi connectivity index (χ1n) is 9.89. The Balaban J connectivity index is 1.69. The first-order chi connectivity index (χ1) is 14.4. The normalized spacial score (nSPS) is 14.7. The maximum atomic E-state index is 15.0. The van der Waals surface area contributed by atoms with Crippen molar-refractivity contribution in [2.75, 3.05) is 39.0 Å². The van der Waals surface area contributed by atoms with E-state index < -0.39 is 5.82 Å². The summed E-state index contributed by atoms with van der Waals surface area (Å²) >= 11 is 0. The van der Waals surface area contributed by atoms with E-state index in [9.17, 15) is 4.79 Å². The fourth-order valence-electron chi connectivity index (χ4n) is 3.76. The van der Waals surface area contributed by atoms with E-state index in [2.05, 4.69) is 14.9 Å². The van der Waals surface area contributed by atoms with Gasteiger partial charge in [0.1, 0.15) is 11.6 Å². The van der Waals surface area contributed by atoms with Crippen molar-refractivity contribution in [3.05, 3.63) is 65.9 Å². The number of hydrogen-bond donors (Lipinski definition) is 1. The Morgan fingerprint density at radius 1 is 1.03 bits per heavy atom. The zero-order valence-electron chi connectivity index (χ0n) is 17.1. The summed E-state index contributed by atoms with van der Waals surface area (Å²) in [4.78, 5) is 25.2. The van der Waals surface area contributed by atoms with Crippen LogP contribution < -0.4 is 5.73 Å². The molecule has 0 radical (unpaired) electrons. The van der Waals surface area contributed by atoms with Crippen LogP contribution in [0.3, 0.4) is 0 Å². The van der Waals surface area contributed by atoms with Crippen LogP contribution in [0.15, 0.2) is 48.8 Å². The summed E-state index contributed by atoms with van der Waals surface area (Å²) in [5.41, 5.74) is 9.83. The number of amides is 1. The van der Waals surface area contributed by atoms with Gasteiger partial charge in [-0.2, -0.15) is 0 Å². The Kier molecular flexibility index (Phi) is 5.46. The summed E-state index contributed by atoms with van der Waals surface area (Å²) in [6.45, 7) is 4.70. The van der Waals surface area contributed by atoms with Gasteiger partial charge in [-0.3, -0.25) is 9.78 Å². The number of pyridine rings is 2. The van der Waals surface area contributed by atoms with Crippen molar-refractivity contribution in [1.82, 2.24) is 19.8 Å². The number of hydrogen-bond acceptors (Lipinski definition) is 5. The van der Waals surface area contributed by atoms with E-state index in [0.717, 1.165) is 35.5 Å². The number of halogens is 1. The molecule has 3 aromatic rings. The second-order valence-electron chi connectivity index (χ2n) is 7.58. The van der Waals surface area contributed by atoms with E-state index in [1.165, 1.54) is 6.07 Å². The zero-order valence-corrected chi connectivity index (χ0v) is 17.1. The highest BCUT2D eigenvalue weighted by Crippen LogP contribution is 2.34. The molecule has 0 aliphatic carbocycles. The average Bonchev–Trinajstić information content (AvgIpc) is 2.74. The van der Waals surface area contributed by atoms with E-state index in [1.54, 1.807) is 35.5 Å². The highest BCUT2D eigenvalue weighted by molar-refractivity contribution is 5.95. The van der Waals surface area contributed by atoms with Gasteiger partial charge in [0.25, 0.3) is 5.91 Å². The smallest absolute Gasteiger partial charge is 0.256 e. The van der Waals surface area contributed by atoms with Crippen molar-refractivity contribution in [1.29, 1.82) is 0 Å². The van der Waals surface area contributed by atoms with Crippen molar-refractivity contribution in [2.45, 2.75) is 6.92 Å². The Hall–Kier alpha value is -3.32. The number of aryl methyl sites for hydroxylation is 1. The average molecular weight is 405 g/mol. The summed E-state index contributed by atoms with van der Waals surface area (Å²) in [6, 6.07) is 10.2. The minimum Gasteiger partial charge on any atom is -0.384 e. The Morgan fingerprint density at radius 2 is 1.77 bits per heavy atom. The molecule has 4 rings (SSSR count). The second kappa shape index (κ2) is 8.20. The van der Waals surface area contributed by atoms with Gasteiger partial charge in [0, 0.05) is 55.4 Å². The number of aromatic nitrogens is 2. The predicted octanol–water partition coefficient (Wildman–Crippen LogP) is 3.23. The van der Waals surface area contributed by atoms with Crippen LogP contribution >= 0.6 is 0 Å².